The molecule has 0 bridgehead atoms. The molecule has 27 heavy (non-hydrogen) atoms. The zero-order chi connectivity index (χ0) is 19.4. The smallest absolute Gasteiger partial charge is 0.129 e. The average molecular weight is 373 g/mol. The molecule has 0 aliphatic heterocycles. The van der Waals surface area contributed by atoms with Crippen molar-refractivity contribution in [3.05, 3.63) is 11.6 Å². The number of Topliss-reactive ketones (excluding diaryl/α,β-unsaturated/α-hetero) is 1. The number of rotatable bonds is 4. The van der Waals surface area contributed by atoms with Crippen molar-refractivity contribution in [1.29, 1.82) is 0 Å². The summed E-state index contributed by atoms with van der Waals surface area (Å²) < 4.78 is 0. The topological polar surface area (TPSA) is 37.3 Å². The predicted molar refractivity (Wildman–Crippen MR) is 110 cm³/mol. The van der Waals surface area contributed by atoms with Crippen molar-refractivity contribution in [3.63, 3.8) is 0 Å². The third-order valence-corrected chi connectivity index (χ3v) is 9.79. The van der Waals surface area contributed by atoms with E-state index in [9.17, 15) is 9.90 Å². The van der Waals surface area contributed by atoms with Crippen molar-refractivity contribution < 1.29 is 9.90 Å². The molecule has 152 valence electrons. The zero-order valence-corrected chi connectivity index (χ0v) is 18.0. The van der Waals surface area contributed by atoms with Crippen LogP contribution in [0.1, 0.15) is 91.9 Å². The molecule has 3 saturated carbocycles. The summed E-state index contributed by atoms with van der Waals surface area (Å²) in [6.45, 7) is 9.27. The monoisotopic (exact) mass is 372 g/mol. The van der Waals surface area contributed by atoms with E-state index in [1.165, 1.54) is 38.5 Å². The van der Waals surface area contributed by atoms with Gasteiger partial charge in [0.15, 0.2) is 0 Å². The van der Waals surface area contributed by atoms with Crippen LogP contribution in [-0.4, -0.2) is 17.0 Å². The molecule has 4 rings (SSSR count). The van der Waals surface area contributed by atoms with Crippen molar-refractivity contribution in [3.8, 4) is 0 Å². The molecule has 0 radical (unpaired) electrons. The second-order valence-electron chi connectivity index (χ2n) is 11.1. The van der Waals surface area contributed by atoms with Gasteiger partial charge in [-0.05, 0) is 105 Å². The van der Waals surface area contributed by atoms with Gasteiger partial charge in [0.1, 0.15) is 5.78 Å². The van der Waals surface area contributed by atoms with Gasteiger partial charge < -0.3 is 9.90 Å². The van der Waals surface area contributed by atoms with Gasteiger partial charge in [0, 0.05) is 6.42 Å². The summed E-state index contributed by atoms with van der Waals surface area (Å²) in [4.78, 5) is 11.5. The van der Waals surface area contributed by atoms with E-state index in [1.54, 1.807) is 12.5 Å². The highest BCUT2D eigenvalue weighted by molar-refractivity contribution is 5.75. The summed E-state index contributed by atoms with van der Waals surface area (Å²) >= 11 is 0. The molecular formula is C25H40O2. The van der Waals surface area contributed by atoms with Crippen LogP contribution in [0.15, 0.2) is 11.6 Å². The van der Waals surface area contributed by atoms with E-state index in [4.69, 9.17) is 0 Å². The minimum Gasteiger partial charge on any atom is -0.393 e. The summed E-state index contributed by atoms with van der Waals surface area (Å²) in [6.07, 6.45) is 14.1. The highest BCUT2D eigenvalue weighted by atomic mass is 16.3. The van der Waals surface area contributed by atoms with Gasteiger partial charge in [-0.25, -0.2) is 0 Å². The standard InChI is InChI=1S/C25H40O2/c1-16(5-6-17(2)26)21-9-10-22-20-8-7-18-15-19(27)11-13-24(18,3)23(20)12-14-25(21,22)4/h7,16,19-23,27H,5-6,8-15H2,1-4H3/t16-,19-,20?,21-,22?,23?,24+,25-/m1/s1. The second kappa shape index (κ2) is 7.01. The number of aliphatic hydroxyl groups excluding tert-OH is 1. The molecular weight excluding hydrogens is 332 g/mol. The first kappa shape index (κ1) is 19.7. The lowest BCUT2D eigenvalue weighted by Crippen LogP contribution is -2.50. The molecule has 3 fully saturated rings. The van der Waals surface area contributed by atoms with Gasteiger partial charge >= 0.3 is 0 Å². The highest BCUT2D eigenvalue weighted by Gasteiger charge is 2.59. The number of aliphatic hydroxyl groups is 1. The van der Waals surface area contributed by atoms with Gasteiger partial charge in [0.25, 0.3) is 0 Å². The van der Waals surface area contributed by atoms with Gasteiger partial charge in [-0.1, -0.05) is 32.4 Å². The molecule has 0 aromatic heterocycles. The van der Waals surface area contributed by atoms with Crippen LogP contribution in [0.25, 0.3) is 0 Å². The highest BCUT2D eigenvalue weighted by Crippen LogP contribution is 2.67. The maximum atomic E-state index is 11.5. The van der Waals surface area contributed by atoms with E-state index in [0.29, 0.717) is 22.5 Å². The Morgan fingerprint density at radius 3 is 2.70 bits per heavy atom. The van der Waals surface area contributed by atoms with E-state index >= 15 is 0 Å². The van der Waals surface area contributed by atoms with Crippen molar-refractivity contribution in [2.45, 2.75) is 98.0 Å². The summed E-state index contributed by atoms with van der Waals surface area (Å²) in [6, 6.07) is 0. The van der Waals surface area contributed by atoms with Crippen LogP contribution in [0.3, 0.4) is 0 Å². The molecule has 1 N–H and O–H groups in total. The van der Waals surface area contributed by atoms with Crippen molar-refractivity contribution in [2.24, 2.45) is 40.4 Å². The molecule has 4 aliphatic carbocycles. The fraction of sp³-hybridized carbons (Fsp3) is 0.880. The Bertz CT molecular complexity index is 622. The predicted octanol–water partition coefficient (Wildman–Crippen LogP) is 5.93. The summed E-state index contributed by atoms with van der Waals surface area (Å²) in [5.74, 6) is 4.36. The first-order valence-corrected chi connectivity index (χ1v) is 11.6. The molecule has 4 aliphatic rings. The Hall–Kier alpha value is -0.630. The Kier molecular flexibility index (Phi) is 5.11. The molecule has 3 unspecified atom stereocenters. The van der Waals surface area contributed by atoms with Crippen LogP contribution in [-0.2, 0) is 4.79 Å². The van der Waals surface area contributed by atoms with Crippen LogP contribution >= 0.6 is 0 Å². The van der Waals surface area contributed by atoms with Gasteiger partial charge in [0.05, 0.1) is 6.10 Å². The Labute approximate surface area is 166 Å². The Morgan fingerprint density at radius 1 is 1.19 bits per heavy atom. The fourth-order valence-electron chi connectivity index (χ4n) is 8.25. The van der Waals surface area contributed by atoms with E-state index in [2.05, 4.69) is 26.8 Å². The molecule has 0 heterocycles. The number of carbonyl (C=O) groups is 1. The largest absolute Gasteiger partial charge is 0.393 e. The lowest BCUT2D eigenvalue weighted by molar-refractivity contribution is -0.117. The second-order valence-corrected chi connectivity index (χ2v) is 11.1. The zero-order valence-electron chi connectivity index (χ0n) is 18.0. The fourth-order valence-corrected chi connectivity index (χ4v) is 8.25. The molecule has 0 aromatic rings. The van der Waals surface area contributed by atoms with E-state index < -0.39 is 0 Å². The molecule has 2 nitrogen and oxygen atoms in total. The van der Waals surface area contributed by atoms with E-state index in [0.717, 1.165) is 49.4 Å². The van der Waals surface area contributed by atoms with Crippen molar-refractivity contribution in [1.82, 2.24) is 0 Å². The third kappa shape index (κ3) is 3.15. The van der Waals surface area contributed by atoms with E-state index in [1.807, 2.05) is 0 Å². The molecule has 0 saturated heterocycles. The molecule has 8 atom stereocenters. The summed E-state index contributed by atoms with van der Waals surface area (Å²) in [5, 5.41) is 10.2. The number of allylic oxidation sites excluding steroid dienone is 1. The maximum absolute atomic E-state index is 11.5. The number of fused-ring (bicyclic) bond motifs is 5. The third-order valence-electron chi connectivity index (χ3n) is 9.79. The van der Waals surface area contributed by atoms with Crippen molar-refractivity contribution in [2.75, 3.05) is 0 Å². The van der Waals surface area contributed by atoms with Crippen LogP contribution in [0, 0.1) is 40.4 Å². The number of hydrogen-bond acceptors (Lipinski definition) is 2. The lowest BCUT2D eigenvalue weighted by Gasteiger charge is -2.58. The lowest BCUT2D eigenvalue weighted by atomic mass is 9.47. The summed E-state index contributed by atoms with van der Waals surface area (Å²) in [7, 11) is 0. The van der Waals surface area contributed by atoms with Crippen LogP contribution < -0.4 is 0 Å². The number of hydrogen-bond donors (Lipinski definition) is 1. The minimum atomic E-state index is -0.104. The minimum absolute atomic E-state index is 0.104. The number of ketones is 1. The molecule has 2 heteroatoms. The molecule has 0 aromatic carbocycles. The summed E-state index contributed by atoms with van der Waals surface area (Å²) in [5.41, 5.74) is 2.41. The van der Waals surface area contributed by atoms with Crippen LogP contribution in [0.5, 0.6) is 0 Å². The maximum Gasteiger partial charge on any atom is 0.129 e. The van der Waals surface area contributed by atoms with Gasteiger partial charge in [-0.15, -0.1) is 0 Å². The quantitative estimate of drug-likeness (QED) is 0.621. The Balaban J connectivity index is 1.54. The average Bonchev–Trinajstić information content (AvgIpc) is 2.97. The SMILES string of the molecule is CC(=O)CC[C@@H](C)[C@H]1CCC2C3CC=C4C[C@H](O)CC[C@]4(C)C3CC[C@@]21C. The Morgan fingerprint density at radius 2 is 1.96 bits per heavy atom. The van der Waals surface area contributed by atoms with Gasteiger partial charge in [0.2, 0.25) is 0 Å². The van der Waals surface area contributed by atoms with Gasteiger partial charge in [-0.2, -0.15) is 0 Å². The normalized spacial score (nSPS) is 47.4. The van der Waals surface area contributed by atoms with Crippen LogP contribution in [0.2, 0.25) is 0 Å². The van der Waals surface area contributed by atoms with Gasteiger partial charge in [-0.3, -0.25) is 0 Å². The first-order chi connectivity index (χ1) is 12.8. The van der Waals surface area contributed by atoms with E-state index in [-0.39, 0.29) is 6.10 Å². The van der Waals surface area contributed by atoms with Crippen LogP contribution in [0.4, 0.5) is 0 Å². The number of carbonyl (C=O) groups excluding carboxylic acids is 1. The molecule has 0 amide bonds. The first-order valence-electron chi connectivity index (χ1n) is 11.6. The molecule has 0 spiro atoms. The van der Waals surface area contributed by atoms with Crippen molar-refractivity contribution >= 4 is 5.78 Å².